The van der Waals surface area contributed by atoms with Gasteiger partial charge in [-0.05, 0) is 35.7 Å². The first-order valence-electron chi connectivity index (χ1n) is 13.8. The molecule has 0 spiro atoms. The zero-order valence-corrected chi connectivity index (χ0v) is 26.0. The molecule has 4 rings (SSSR count). The number of methoxy groups -OCH3 is 1. The summed E-state index contributed by atoms with van der Waals surface area (Å²) < 4.78 is 18.0. The third kappa shape index (κ3) is 7.03. The van der Waals surface area contributed by atoms with Crippen LogP contribution < -0.4 is 9.47 Å². The number of aromatic nitrogens is 2. The molecule has 2 heterocycles. The predicted octanol–water partition coefficient (Wildman–Crippen LogP) is 6.29. The maximum atomic E-state index is 14.1. The van der Waals surface area contributed by atoms with Gasteiger partial charge in [0.1, 0.15) is 18.5 Å². The van der Waals surface area contributed by atoms with Crippen molar-refractivity contribution in [3.63, 3.8) is 0 Å². The predicted molar refractivity (Wildman–Crippen MR) is 163 cm³/mol. The van der Waals surface area contributed by atoms with Crippen LogP contribution in [0.25, 0.3) is 5.57 Å². The van der Waals surface area contributed by atoms with E-state index in [2.05, 4.69) is 43.8 Å². The SMILES string of the molecule is COc1cc(C(=O)N2CC=C(c3cncnc3)CC2CO[Si](C)(C)C(C)(C)C)c([N+](=O)[O-])cc1OCc1ccccc1. The molecule has 0 saturated carbocycles. The maximum Gasteiger partial charge on any atom is 0.286 e. The minimum absolute atomic E-state index is 0.0236. The second-order valence-electron chi connectivity index (χ2n) is 11.8. The van der Waals surface area contributed by atoms with E-state index in [-0.39, 0.29) is 47.0 Å². The number of benzene rings is 2. The van der Waals surface area contributed by atoms with Crippen LogP contribution in [-0.2, 0) is 11.0 Å². The van der Waals surface area contributed by atoms with E-state index >= 15 is 0 Å². The Hall–Kier alpha value is -4.09. The summed E-state index contributed by atoms with van der Waals surface area (Å²) in [5.41, 5.74) is 2.35. The van der Waals surface area contributed by atoms with Crippen LogP contribution in [0.5, 0.6) is 11.5 Å². The standard InChI is InChI=1S/C31H38N4O6Si/c1-31(2,3)42(5,6)41-20-25-14-23(24-17-32-21-33-18-24)12-13-34(25)30(36)26-15-28(39-4)29(16-27(26)35(37)38)40-19-22-10-8-7-9-11-22/h7-12,15-18,21,25H,13-14,19-20H2,1-6H3. The summed E-state index contributed by atoms with van der Waals surface area (Å²) in [6.45, 7) is 11.5. The van der Waals surface area contributed by atoms with Crippen LogP contribution in [0, 0.1) is 10.1 Å². The first-order chi connectivity index (χ1) is 19.9. The molecule has 0 aliphatic carbocycles. The van der Waals surface area contributed by atoms with Gasteiger partial charge in [0.2, 0.25) is 0 Å². The molecule has 1 aliphatic heterocycles. The molecule has 1 aromatic heterocycles. The Morgan fingerprint density at radius 3 is 2.43 bits per heavy atom. The molecule has 1 amide bonds. The summed E-state index contributed by atoms with van der Waals surface area (Å²) in [5, 5.41) is 12.2. The van der Waals surface area contributed by atoms with Crippen molar-refractivity contribution >= 4 is 25.5 Å². The van der Waals surface area contributed by atoms with Crippen LogP contribution in [0.2, 0.25) is 18.1 Å². The molecule has 11 heteroatoms. The van der Waals surface area contributed by atoms with Gasteiger partial charge in [-0.2, -0.15) is 0 Å². The van der Waals surface area contributed by atoms with Crippen molar-refractivity contribution in [3.05, 3.63) is 94.1 Å². The fourth-order valence-corrected chi connectivity index (χ4v) is 5.50. The third-order valence-corrected chi connectivity index (χ3v) is 12.5. The van der Waals surface area contributed by atoms with Crippen LogP contribution in [0.15, 0.2) is 67.3 Å². The number of carbonyl (C=O) groups excluding carboxylic acids is 1. The Morgan fingerprint density at radius 2 is 1.81 bits per heavy atom. The highest BCUT2D eigenvalue weighted by molar-refractivity contribution is 6.74. The van der Waals surface area contributed by atoms with Crippen molar-refractivity contribution in [2.24, 2.45) is 0 Å². The van der Waals surface area contributed by atoms with Crippen molar-refractivity contribution in [2.45, 2.75) is 58.0 Å². The van der Waals surface area contributed by atoms with E-state index in [1.807, 2.05) is 36.4 Å². The minimum Gasteiger partial charge on any atom is -0.493 e. The first kappa shape index (κ1) is 30.9. The number of amides is 1. The van der Waals surface area contributed by atoms with Gasteiger partial charge in [-0.3, -0.25) is 14.9 Å². The molecule has 0 bridgehead atoms. The van der Waals surface area contributed by atoms with E-state index in [1.165, 1.54) is 25.6 Å². The summed E-state index contributed by atoms with van der Waals surface area (Å²) in [6, 6.07) is 11.8. The Balaban J connectivity index is 1.67. The Bertz CT molecular complexity index is 1440. The van der Waals surface area contributed by atoms with Gasteiger partial charge in [0.25, 0.3) is 11.6 Å². The smallest absolute Gasteiger partial charge is 0.286 e. The lowest BCUT2D eigenvalue weighted by atomic mass is 9.95. The molecule has 1 aliphatic rings. The lowest BCUT2D eigenvalue weighted by Crippen LogP contribution is -2.49. The number of hydrogen-bond acceptors (Lipinski definition) is 8. The van der Waals surface area contributed by atoms with E-state index in [9.17, 15) is 14.9 Å². The average molecular weight is 591 g/mol. The number of nitrogens with zero attached hydrogens (tertiary/aromatic N) is 4. The molecule has 222 valence electrons. The number of nitro groups is 1. The van der Waals surface area contributed by atoms with Gasteiger partial charge in [-0.1, -0.05) is 57.2 Å². The maximum absolute atomic E-state index is 14.1. The molecule has 1 unspecified atom stereocenters. The molecule has 3 aromatic rings. The highest BCUT2D eigenvalue weighted by Crippen LogP contribution is 2.39. The lowest BCUT2D eigenvalue weighted by Gasteiger charge is -2.40. The molecule has 0 fully saturated rings. The van der Waals surface area contributed by atoms with E-state index in [0.29, 0.717) is 13.0 Å². The van der Waals surface area contributed by atoms with Crippen LogP contribution in [0.1, 0.15) is 48.7 Å². The van der Waals surface area contributed by atoms with E-state index in [0.717, 1.165) is 16.7 Å². The highest BCUT2D eigenvalue weighted by Gasteiger charge is 2.40. The average Bonchev–Trinajstić information content (AvgIpc) is 2.98. The third-order valence-electron chi connectivity index (χ3n) is 8.01. The number of rotatable bonds is 10. The second kappa shape index (κ2) is 12.8. The monoisotopic (exact) mass is 590 g/mol. The summed E-state index contributed by atoms with van der Waals surface area (Å²) in [7, 11) is -0.706. The van der Waals surface area contributed by atoms with Crippen molar-refractivity contribution in [3.8, 4) is 11.5 Å². The van der Waals surface area contributed by atoms with Gasteiger partial charge in [0.05, 0.1) is 30.7 Å². The largest absolute Gasteiger partial charge is 0.493 e. The molecule has 42 heavy (non-hydrogen) atoms. The first-order valence-corrected chi connectivity index (χ1v) is 16.7. The van der Waals surface area contributed by atoms with E-state index < -0.39 is 19.1 Å². The van der Waals surface area contributed by atoms with Gasteiger partial charge in [-0.25, -0.2) is 9.97 Å². The number of nitro benzene ring substituents is 1. The van der Waals surface area contributed by atoms with Crippen LogP contribution in [0.4, 0.5) is 5.69 Å². The summed E-state index contributed by atoms with van der Waals surface area (Å²) >= 11 is 0. The Morgan fingerprint density at radius 1 is 1.12 bits per heavy atom. The molecule has 0 radical (unpaired) electrons. The van der Waals surface area contributed by atoms with Crippen molar-refractivity contribution in [1.82, 2.24) is 14.9 Å². The van der Waals surface area contributed by atoms with Crippen molar-refractivity contribution in [1.29, 1.82) is 0 Å². The quantitative estimate of drug-likeness (QED) is 0.154. The second-order valence-corrected chi connectivity index (χ2v) is 16.6. The zero-order valence-electron chi connectivity index (χ0n) is 25.0. The molecule has 0 N–H and O–H groups in total. The van der Waals surface area contributed by atoms with E-state index in [4.69, 9.17) is 13.9 Å². The topological polar surface area (TPSA) is 117 Å². The Labute approximate surface area is 247 Å². The zero-order chi connectivity index (χ0) is 30.5. The lowest BCUT2D eigenvalue weighted by molar-refractivity contribution is -0.385. The highest BCUT2D eigenvalue weighted by atomic mass is 28.4. The van der Waals surface area contributed by atoms with Crippen LogP contribution in [0.3, 0.4) is 0 Å². The molecule has 1 atom stereocenters. The fourth-order valence-electron chi connectivity index (χ4n) is 4.46. The van der Waals surface area contributed by atoms with Crippen LogP contribution in [-0.4, -0.2) is 60.3 Å². The van der Waals surface area contributed by atoms with Crippen molar-refractivity contribution in [2.75, 3.05) is 20.3 Å². The van der Waals surface area contributed by atoms with E-state index in [1.54, 1.807) is 17.3 Å². The Kier molecular flexibility index (Phi) is 9.42. The van der Waals surface area contributed by atoms with Gasteiger partial charge < -0.3 is 18.8 Å². The normalized spacial score (nSPS) is 15.6. The van der Waals surface area contributed by atoms with Gasteiger partial charge in [-0.15, -0.1) is 0 Å². The summed E-state index contributed by atoms with van der Waals surface area (Å²) in [5.74, 6) is -0.0472. The van der Waals surface area contributed by atoms with Crippen molar-refractivity contribution < 1.29 is 23.6 Å². The minimum atomic E-state index is -2.15. The van der Waals surface area contributed by atoms with Gasteiger partial charge in [0, 0.05) is 30.6 Å². The number of hydrogen-bond donors (Lipinski definition) is 0. The summed E-state index contributed by atoms with van der Waals surface area (Å²) in [6.07, 6.45) is 7.40. The molecular formula is C31H38N4O6Si. The van der Waals surface area contributed by atoms with Gasteiger partial charge in [0.15, 0.2) is 19.8 Å². The molecular weight excluding hydrogens is 552 g/mol. The number of carbonyl (C=O) groups is 1. The van der Waals surface area contributed by atoms with Gasteiger partial charge >= 0.3 is 0 Å². The molecule has 2 aromatic carbocycles. The molecule has 10 nitrogen and oxygen atoms in total. The molecule has 0 saturated heterocycles. The summed E-state index contributed by atoms with van der Waals surface area (Å²) in [4.78, 5) is 35.7. The fraction of sp³-hybridized carbons (Fsp3) is 0.387. The van der Waals surface area contributed by atoms with Crippen LogP contribution >= 0.6 is 0 Å². The number of ether oxygens (including phenoxy) is 2.